The number of carbonyl (C=O) groups is 3. The number of rotatable bonds is 3. The minimum Gasteiger partial charge on any atom is -0.309 e. The minimum absolute atomic E-state index is 0.0479. The van der Waals surface area contributed by atoms with Crippen molar-refractivity contribution in [3.8, 4) is 0 Å². The first-order valence-electron chi connectivity index (χ1n) is 11.4. The van der Waals surface area contributed by atoms with E-state index < -0.39 is 5.92 Å². The van der Waals surface area contributed by atoms with Gasteiger partial charge in [-0.1, -0.05) is 42.8 Å². The summed E-state index contributed by atoms with van der Waals surface area (Å²) in [4.78, 5) is 43.4. The number of imide groups is 1. The summed E-state index contributed by atoms with van der Waals surface area (Å²) in [7, 11) is 0. The molecule has 5 rings (SSSR count). The van der Waals surface area contributed by atoms with Gasteiger partial charge in [-0.3, -0.25) is 4.79 Å². The summed E-state index contributed by atoms with van der Waals surface area (Å²) in [5.41, 5.74) is 2.71. The Labute approximate surface area is 182 Å². The predicted octanol–water partition coefficient (Wildman–Crippen LogP) is 3.46. The van der Waals surface area contributed by atoms with E-state index in [0.29, 0.717) is 12.3 Å². The summed E-state index contributed by atoms with van der Waals surface area (Å²) in [6.45, 7) is 0.603. The van der Waals surface area contributed by atoms with Crippen LogP contribution >= 0.6 is 0 Å². The molecule has 1 aromatic rings. The molecule has 160 valence electrons. The molecule has 0 aromatic heterocycles. The van der Waals surface area contributed by atoms with E-state index in [0.717, 1.165) is 56.2 Å². The van der Waals surface area contributed by atoms with Crippen molar-refractivity contribution in [3.05, 3.63) is 54.1 Å². The fourth-order valence-electron chi connectivity index (χ4n) is 5.33. The number of hydrogen-bond acceptors (Lipinski definition) is 3. The molecular weight excluding hydrogens is 390 g/mol. The lowest BCUT2D eigenvalue weighted by Gasteiger charge is -2.34. The number of carbonyl (C=O) groups excluding carboxylic acids is 3. The maximum absolute atomic E-state index is 13.5. The maximum atomic E-state index is 13.5. The lowest BCUT2D eigenvalue weighted by atomic mass is 9.90. The van der Waals surface area contributed by atoms with Crippen LogP contribution in [0.1, 0.15) is 44.1 Å². The molecule has 0 bridgehead atoms. The molecule has 0 saturated heterocycles. The molecule has 0 radical (unpaired) electrons. The number of amides is 4. The molecule has 0 N–H and O–H groups in total. The fraction of sp³-hybridized carbons (Fsp3) is 0.440. The number of hydrogen-bond donors (Lipinski definition) is 0. The standard InChI is InChI=1S/C25H28N3O3/c29-23(26-16-8-10-18-9-4-6-14-21(18)26)17-27-22-15-7-5-13-20(22)24(30)28(25(27)31)19-11-2-1-3-12-19/h4-7,9,13-15,19-20H,1-3,8,10-12,16-17H2/q+1. The molecule has 2 aliphatic heterocycles. The zero-order valence-corrected chi connectivity index (χ0v) is 17.7. The number of fused-ring (bicyclic) bond motifs is 2. The molecule has 4 amide bonds. The number of anilines is 1. The van der Waals surface area contributed by atoms with Crippen LogP contribution in [0, 0.1) is 5.92 Å². The van der Waals surface area contributed by atoms with Gasteiger partial charge < -0.3 is 4.90 Å². The molecule has 0 spiro atoms. The van der Waals surface area contributed by atoms with Crippen LogP contribution in [-0.2, 0) is 16.0 Å². The SMILES string of the molecule is O=C(C[N+]1=C2C=CC=CC2C(=O)N(C2CCCCC2)C1=O)N1CCCc2ccccc21. The fourth-order valence-corrected chi connectivity index (χ4v) is 5.33. The van der Waals surface area contributed by atoms with Crippen molar-refractivity contribution in [2.24, 2.45) is 5.92 Å². The summed E-state index contributed by atoms with van der Waals surface area (Å²) in [5.74, 6) is -0.752. The molecule has 1 atom stereocenters. The average Bonchev–Trinajstić information content (AvgIpc) is 2.82. The number of benzene rings is 1. The summed E-state index contributed by atoms with van der Waals surface area (Å²) in [6.07, 6.45) is 14.1. The van der Waals surface area contributed by atoms with Gasteiger partial charge in [0.05, 0.1) is 0 Å². The van der Waals surface area contributed by atoms with Gasteiger partial charge in [-0.2, -0.15) is 14.3 Å². The van der Waals surface area contributed by atoms with Gasteiger partial charge in [-0.05, 0) is 56.2 Å². The first kappa shape index (κ1) is 19.9. The lowest BCUT2D eigenvalue weighted by molar-refractivity contribution is -0.429. The number of aryl methyl sites for hydroxylation is 1. The van der Waals surface area contributed by atoms with Crippen LogP contribution in [0.4, 0.5) is 10.5 Å². The van der Waals surface area contributed by atoms with Gasteiger partial charge in [-0.25, -0.2) is 4.79 Å². The Hall–Kier alpha value is -3.02. The topological polar surface area (TPSA) is 60.7 Å². The van der Waals surface area contributed by atoms with E-state index in [4.69, 9.17) is 0 Å². The molecule has 6 heteroatoms. The zero-order chi connectivity index (χ0) is 21.4. The van der Waals surface area contributed by atoms with Crippen molar-refractivity contribution >= 4 is 29.2 Å². The highest BCUT2D eigenvalue weighted by Gasteiger charge is 2.50. The smallest absolute Gasteiger partial charge is 0.309 e. The Balaban J connectivity index is 1.47. The van der Waals surface area contributed by atoms with Crippen molar-refractivity contribution in [3.63, 3.8) is 0 Å². The van der Waals surface area contributed by atoms with Crippen LogP contribution in [-0.4, -0.2) is 52.2 Å². The molecule has 2 aliphatic carbocycles. The number of allylic oxidation sites excluding steroid dienone is 3. The summed E-state index contributed by atoms with van der Waals surface area (Å²) >= 11 is 0. The minimum atomic E-state index is -0.494. The van der Waals surface area contributed by atoms with E-state index in [1.165, 1.54) is 4.90 Å². The van der Waals surface area contributed by atoms with E-state index >= 15 is 0 Å². The first-order chi connectivity index (χ1) is 15.1. The summed E-state index contributed by atoms with van der Waals surface area (Å²) in [5, 5.41) is 0. The highest BCUT2D eigenvalue weighted by atomic mass is 16.2. The van der Waals surface area contributed by atoms with Gasteiger partial charge in [0.25, 0.3) is 5.91 Å². The molecule has 2 heterocycles. The molecule has 6 nitrogen and oxygen atoms in total. The highest BCUT2D eigenvalue weighted by Crippen LogP contribution is 2.30. The predicted molar refractivity (Wildman–Crippen MR) is 118 cm³/mol. The Morgan fingerprint density at radius 1 is 1.03 bits per heavy atom. The van der Waals surface area contributed by atoms with E-state index in [1.807, 2.05) is 36.4 Å². The van der Waals surface area contributed by atoms with E-state index in [2.05, 4.69) is 6.07 Å². The summed E-state index contributed by atoms with van der Waals surface area (Å²) in [6, 6.07) is 7.56. The van der Waals surface area contributed by atoms with Gasteiger partial charge in [0, 0.05) is 12.2 Å². The molecule has 1 aromatic carbocycles. The molecule has 31 heavy (non-hydrogen) atoms. The Kier molecular flexibility index (Phi) is 5.30. The number of urea groups is 1. The first-order valence-corrected chi connectivity index (χ1v) is 11.4. The lowest BCUT2D eigenvalue weighted by Crippen LogP contribution is -2.59. The van der Waals surface area contributed by atoms with Crippen molar-refractivity contribution in [2.45, 2.75) is 51.0 Å². The Bertz CT molecular complexity index is 1020. The molecular formula is C25H28N3O3+. The average molecular weight is 419 g/mol. The van der Waals surface area contributed by atoms with Gasteiger partial charge in [0.2, 0.25) is 0 Å². The van der Waals surface area contributed by atoms with Crippen LogP contribution in [0.25, 0.3) is 0 Å². The van der Waals surface area contributed by atoms with Gasteiger partial charge >= 0.3 is 11.9 Å². The van der Waals surface area contributed by atoms with Gasteiger partial charge in [0.1, 0.15) is 17.7 Å². The van der Waals surface area contributed by atoms with Gasteiger partial charge in [0.15, 0.2) is 6.54 Å². The second kappa shape index (κ2) is 8.25. The van der Waals surface area contributed by atoms with E-state index in [9.17, 15) is 14.4 Å². The monoisotopic (exact) mass is 418 g/mol. The number of para-hydroxylation sites is 1. The third-order valence-electron chi connectivity index (χ3n) is 6.90. The van der Waals surface area contributed by atoms with Crippen LogP contribution in [0.15, 0.2) is 48.6 Å². The van der Waals surface area contributed by atoms with Crippen LogP contribution < -0.4 is 4.90 Å². The Morgan fingerprint density at radius 2 is 1.84 bits per heavy atom. The van der Waals surface area contributed by atoms with Crippen molar-refractivity contribution in [1.29, 1.82) is 0 Å². The quantitative estimate of drug-likeness (QED) is 0.707. The van der Waals surface area contributed by atoms with Gasteiger partial charge in [-0.15, -0.1) is 0 Å². The molecule has 1 unspecified atom stereocenters. The van der Waals surface area contributed by atoms with Crippen molar-refractivity contribution in [2.75, 3.05) is 18.0 Å². The van der Waals surface area contributed by atoms with Crippen LogP contribution in [0.2, 0.25) is 0 Å². The zero-order valence-electron chi connectivity index (χ0n) is 17.7. The van der Waals surface area contributed by atoms with Crippen molar-refractivity contribution in [1.82, 2.24) is 4.90 Å². The van der Waals surface area contributed by atoms with Crippen LogP contribution in [0.3, 0.4) is 0 Å². The normalized spacial score (nSPS) is 23.8. The highest BCUT2D eigenvalue weighted by molar-refractivity contribution is 6.17. The van der Waals surface area contributed by atoms with E-state index in [-0.39, 0.29) is 30.4 Å². The third kappa shape index (κ3) is 3.54. The van der Waals surface area contributed by atoms with E-state index in [1.54, 1.807) is 15.6 Å². The second-order valence-corrected chi connectivity index (χ2v) is 8.79. The second-order valence-electron chi connectivity index (χ2n) is 8.79. The van der Waals surface area contributed by atoms with Crippen LogP contribution in [0.5, 0.6) is 0 Å². The molecule has 4 aliphatic rings. The maximum Gasteiger partial charge on any atom is 0.501 e. The van der Waals surface area contributed by atoms with Crippen molar-refractivity contribution < 1.29 is 19.0 Å². The summed E-state index contributed by atoms with van der Waals surface area (Å²) < 4.78 is 1.54. The number of nitrogens with zero attached hydrogens (tertiary/aromatic N) is 3. The Morgan fingerprint density at radius 3 is 2.68 bits per heavy atom. The molecule has 1 saturated carbocycles. The third-order valence-corrected chi connectivity index (χ3v) is 6.90. The largest absolute Gasteiger partial charge is 0.501 e. The molecule has 1 fully saturated rings.